The molecule has 0 radical (unpaired) electrons. The first kappa shape index (κ1) is 10.1. The maximum atomic E-state index is 10.6. The molecule has 5 nitrogen and oxygen atoms in total. The molecule has 1 aliphatic rings. The summed E-state index contributed by atoms with van der Waals surface area (Å²) < 4.78 is 5.08. The van der Waals surface area contributed by atoms with Crippen LogP contribution in [-0.2, 0) is 19.2 Å². The monoisotopic (exact) mass is 187 g/mol. The number of rotatable bonds is 5. The van der Waals surface area contributed by atoms with Crippen molar-refractivity contribution in [2.75, 3.05) is 0 Å². The summed E-state index contributed by atoms with van der Waals surface area (Å²) in [6.07, 6.45) is 0.948. The van der Waals surface area contributed by atoms with Crippen LogP contribution in [0.3, 0.4) is 0 Å². The van der Waals surface area contributed by atoms with E-state index in [1.165, 1.54) is 13.8 Å². The Bertz CT molecular complexity index is 194. The fraction of sp³-hybridized carbons (Fsp3) is 0.750. The van der Waals surface area contributed by atoms with Crippen molar-refractivity contribution in [3.63, 3.8) is 0 Å². The Morgan fingerprint density at radius 1 is 1.46 bits per heavy atom. The van der Waals surface area contributed by atoms with Crippen molar-refractivity contribution in [1.29, 1.82) is 0 Å². The maximum Gasteiger partial charge on any atom is 0.321 e. The number of Topliss-reactive ketones (excluding diaryl/α,β-unsaturated/α-hetero) is 1. The summed E-state index contributed by atoms with van der Waals surface area (Å²) in [6, 6.07) is 0. The highest BCUT2D eigenvalue weighted by Crippen LogP contribution is 2.23. The van der Waals surface area contributed by atoms with Crippen LogP contribution in [0, 0.1) is 0 Å². The van der Waals surface area contributed by atoms with Crippen LogP contribution in [0.1, 0.15) is 26.7 Å². The lowest BCUT2D eigenvalue weighted by Crippen LogP contribution is -2.22. The van der Waals surface area contributed by atoms with Gasteiger partial charge in [-0.1, -0.05) is 0 Å². The van der Waals surface area contributed by atoms with Crippen molar-refractivity contribution in [1.82, 2.24) is 5.48 Å². The van der Waals surface area contributed by atoms with E-state index in [0.717, 1.165) is 0 Å². The first-order valence-corrected chi connectivity index (χ1v) is 4.17. The molecule has 0 saturated carbocycles. The minimum Gasteiger partial charge on any atom is -0.368 e. The second-order valence-corrected chi connectivity index (χ2v) is 3.05. The van der Waals surface area contributed by atoms with Crippen molar-refractivity contribution >= 4 is 11.8 Å². The van der Waals surface area contributed by atoms with Crippen molar-refractivity contribution in [3.8, 4) is 0 Å². The lowest BCUT2D eigenvalue weighted by Gasteiger charge is -1.97. The average molecular weight is 187 g/mol. The Kier molecular flexibility index (Phi) is 3.39. The van der Waals surface area contributed by atoms with Crippen molar-refractivity contribution in [3.05, 3.63) is 0 Å². The molecule has 13 heavy (non-hydrogen) atoms. The SMILES string of the molecule is CC(=O)CCC1OC1NOC(C)=O. The lowest BCUT2D eigenvalue weighted by atomic mass is 10.2. The van der Waals surface area contributed by atoms with Gasteiger partial charge >= 0.3 is 5.97 Å². The van der Waals surface area contributed by atoms with Gasteiger partial charge in [0.15, 0.2) is 6.23 Å². The first-order valence-electron chi connectivity index (χ1n) is 4.17. The number of carbonyl (C=O) groups excluding carboxylic acids is 2. The molecule has 1 fully saturated rings. The fourth-order valence-electron chi connectivity index (χ4n) is 0.953. The van der Waals surface area contributed by atoms with Gasteiger partial charge in [-0.3, -0.25) is 4.79 Å². The summed E-state index contributed by atoms with van der Waals surface area (Å²) >= 11 is 0. The van der Waals surface area contributed by atoms with Crippen LogP contribution < -0.4 is 5.48 Å². The zero-order valence-corrected chi connectivity index (χ0v) is 7.70. The highest BCUT2D eigenvalue weighted by Gasteiger charge is 2.39. The smallest absolute Gasteiger partial charge is 0.321 e. The van der Waals surface area contributed by atoms with Gasteiger partial charge in [0.25, 0.3) is 0 Å². The molecule has 2 unspecified atom stereocenters. The van der Waals surface area contributed by atoms with Gasteiger partial charge in [0.2, 0.25) is 0 Å². The third-order valence-electron chi connectivity index (χ3n) is 1.68. The predicted molar refractivity (Wildman–Crippen MR) is 43.5 cm³/mol. The van der Waals surface area contributed by atoms with E-state index < -0.39 is 5.97 Å². The molecule has 0 spiro atoms. The molecule has 1 aliphatic heterocycles. The molecule has 2 atom stereocenters. The van der Waals surface area contributed by atoms with E-state index >= 15 is 0 Å². The highest BCUT2D eigenvalue weighted by atomic mass is 16.7. The van der Waals surface area contributed by atoms with Crippen LogP contribution in [0.2, 0.25) is 0 Å². The minimum atomic E-state index is -0.402. The molecule has 5 heteroatoms. The Morgan fingerprint density at radius 2 is 2.15 bits per heavy atom. The van der Waals surface area contributed by atoms with Gasteiger partial charge in [-0.2, -0.15) is 0 Å². The molecule has 74 valence electrons. The minimum absolute atomic E-state index is 0.00301. The molecule has 0 aromatic carbocycles. The van der Waals surface area contributed by atoms with Crippen LogP contribution in [0.4, 0.5) is 0 Å². The molecule has 0 amide bonds. The molecular formula is C8H13NO4. The van der Waals surface area contributed by atoms with E-state index in [1.54, 1.807) is 0 Å². The Hall–Kier alpha value is -0.940. The third kappa shape index (κ3) is 4.00. The van der Waals surface area contributed by atoms with Gasteiger partial charge in [0.05, 0.1) is 0 Å². The van der Waals surface area contributed by atoms with E-state index in [4.69, 9.17) is 4.74 Å². The number of ether oxygens (including phenoxy) is 1. The topological polar surface area (TPSA) is 67.9 Å². The van der Waals surface area contributed by atoms with Gasteiger partial charge in [-0.25, -0.2) is 0 Å². The number of hydrogen-bond donors (Lipinski definition) is 1. The van der Waals surface area contributed by atoms with E-state index in [9.17, 15) is 9.59 Å². The standard InChI is InChI=1S/C8H13NO4/c1-5(10)3-4-7-8(12-7)9-13-6(2)11/h7-9H,3-4H2,1-2H3. The number of hydroxylamine groups is 1. The van der Waals surface area contributed by atoms with Crippen molar-refractivity contribution in [2.24, 2.45) is 0 Å². The van der Waals surface area contributed by atoms with Crippen LogP contribution in [-0.4, -0.2) is 24.1 Å². The number of carbonyl (C=O) groups is 2. The van der Waals surface area contributed by atoms with E-state index in [2.05, 4.69) is 10.3 Å². The summed E-state index contributed by atoms with van der Waals surface area (Å²) in [4.78, 5) is 25.4. The summed E-state index contributed by atoms with van der Waals surface area (Å²) in [5.41, 5.74) is 2.45. The van der Waals surface area contributed by atoms with Crippen LogP contribution in [0.5, 0.6) is 0 Å². The van der Waals surface area contributed by atoms with Gasteiger partial charge in [0, 0.05) is 13.3 Å². The summed E-state index contributed by atoms with van der Waals surface area (Å²) in [5.74, 6) is -0.262. The van der Waals surface area contributed by atoms with Crippen molar-refractivity contribution in [2.45, 2.75) is 39.0 Å². The zero-order valence-electron chi connectivity index (χ0n) is 7.70. The molecule has 0 bridgehead atoms. The van der Waals surface area contributed by atoms with Gasteiger partial charge < -0.3 is 14.4 Å². The van der Waals surface area contributed by atoms with E-state index in [-0.39, 0.29) is 18.1 Å². The zero-order chi connectivity index (χ0) is 9.84. The van der Waals surface area contributed by atoms with Crippen LogP contribution >= 0.6 is 0 Å². The molecule has 1 saturated heterocycles. The normalized spacial score (nSPS) is 25.4. The lowest BCUT2D eigenvalue weighted by molar-refractivity contribution is -0.150. The molecule has 0 aromatic rings. The number of hydrogen-bond acceptors (Lipinski definition) is 5. The van der Waals surface area contributed by atoms with Crippen LogP contribution in [0.15, 0.2) is 0 Å². The highest BCUT2D eigenvalue weighted by molar-refractivity contribution is 5.75. The van der Waals surface area contributed by atoms with Gasteiger partial charge in [-0.05, 0) is 13.3 Å². The van der Waals surface area contributed by atoms with E-state index in [0.29, 0.717) is 12.8 Å². The largest absolute Gasteiger partial charge is 0.368 e. The molecule has 0 aliphatic carbocycles. The number of ketones is 1. The summed E-state index contributed by atoms with van der Waals surface area (Å²) in [6.45, 7) is 2.84. The molecule has 1 rings (SSSR count). The Balaban J connectivity index is 2.02. The summed E-state index contributed by atoms with van der Waals surface area (Å²) in [5, 5.41) is 0. The number of epoxide rings is 1. The molecule has 0 aromatic heterocycles. The van der Waals surface area contributed by atoms with E-state index in [1.807, 2.05) is 0 Å². The third-order valence-corrected chi connectivity index (χ3v) is 1.68. The molecule has 1 heterocycles. The second-order valence-electron chi connectivity index (χ2n) is 3.05. The fourth-order valence-corrected chi connectivity index (χ4v) is 0.953. The number of nitrogens with one attached hydrogen (secondary N) is 1. The first-order chi connectivity index (χ1) is 6.09. The maximum absolute atomic E-state index is 10.6. The van der Waals surface area contributed by atoms with Gasteiger partial charge in [-0.15, -0.1) is 5.48 Å². The quantitative estimate of drug-likeness (QED) is 0.490. The summed E-state index contributed by atoms with van der Waals surface area (Å²) in [7, 11) is 0. The molecule has 1 N–H and O–H groups in total. The van der Waals surface area contributed by atoms with Crippen molar-refractivity contribution < 1.29 is 19.2 Å². The Morgan fingerprint density at radius 3 is 2.69 bits per heavy atom. The van der Waals surface area contributed by atoms with Gasteiger partial charge in [0.1, 0.15) is 11.9 Å². The predicted octanol–water partition coefficient (Wildman–Crippen LogP) is 0.148. The van der Waals surface area contributed by atoms with Crippen LogP contribution in [0.25, 0.3) is 0 Å². The second kappa shape index (κ2) is 4.34. The molecular weight excluding hydrogens is 174 g/mol. The Labute approximate surface area is 76.3 Å². The average Bonchev–Trinajstić information content (AvgIpc) is 2.76.